The van der Waals surface area contributed by atoms with E-state index < -0.39 is 0 Å². The summed E-state index contributed by atoms with van der Waals surface area (Å²) in [6.45, 7) is 5.43. The Morgan fingerprint density at radius 3 is 2.67 bits per heavy atom. The van der Waals surface area contributed by atoms with E-state index in [0.29, 0.717) is 31.0 Å². The molecule has 6 heteroatoms. The van der Waals surface area contributed by atoms with Crippen LogP contribution in [0.3, 0.4) is 0 Å². The molecule has 2 aromatic rings. The van der Waals surface area contributed by atoms with Crippen molar-refractivity contribution in [1.29, 1.82) is 0 Å². The maximum absolute atomic E-state index is 12.6. The van der Waals surface area contributed by atoms with Gasteiger partial charge >= 0.3 is 5.69 Å². The van der Waals surface area contributed by atoms with Crippen LogP contribution in [0.4, 0.5) is 0 Å². The van der Waals surface area contributed by atoms with Gasteiger partial charge in [0.2, 0.25) is 0 Å². The molecule has 1 aliphatic rings. The van der Waals surface area contributed by atoms with E-state index in [4.69, 9.17) is 0 Å². The van der Waals surface area contributed by atoms with Crippen molar-refractivity contribution < 1.29 is 4.79 Å². The topological polar surface area (TPSA) is 60.1 Å². The molecule has 3 rings (SSSR count). The van der Waals surface area contributed by atoms with Gasteiger partial charge in [0.1, 0.15) is 0 Å². The van der Waals surface area contributed by atoms with E-state index in [9.17, 15) is 9.59 Å². The second-order valence-corrected chi connectivity index (χ2v) is 5.50. The molecule has 0 radical (unpaired) electrons. The summed E-state index contributed by atoms with van der Waals surface area (Å²) in [6.07, 6.45) is 0. The third-order valence-electron chi connectivity index (χ3n) is 4.05. The fraction of sp³-hybridized carbons (Fsp3) is 0.400. The molecule has 1 aromatic carbocycles. The number of carbonyl (C=O) groups is 1. The minimum Gasteiger partial charge on any atom is -0.329 e. The highest BCUT2D eigenvalue weighted by Crippen LogP contribution is 2.15. The number of hydrogen-bond acceptors (Lipinski definition) is 3. The lowest BCUT2D eigenvalue weighted by Gasteiger charge is -2.26. The Labute approximate surface area is 122 Å². The van der Waals surface area contributed by atoms with Crippen LogP contribution in [0.1, 0.15) is 27.3 Å². The fourth-order valence-electron chi connectivity index (χ4n) is 2.60. The minimum atomic E-state index is -0.122. The quantitative estimate of drug-likeness (QED) is 0.781. The van der Waals surface area contributed by atoms with E-state index >= 15 is 0 Å². The number of aromatic nitrogens is 3. The lowest BCUT2D eigenvalue weighted by Crippen LogP contribution is -2.40. The number of amides is 1. The normalized spacial score (nSPS) is 14.1. The van der Waals surface area contributed by atoms with E-state index in [0.717, 1.165) is 5.56 Å². The van der Waals surface area contributed by atoms with Crippen LogP contribution in [0.25, 0.3) is 0 Å². The maximum atomic E-state index is 12.6. The van der Waals surface area contributed by atoms with E-state index in [1.165, 1.54) is 10.2 Å². The zero-order chi connectivity index (χ0) is 15.1. The number of carbonyl (C=O) groups excluding carboxylic acids is 1. The average Bonchev–Trinajstić information content (AvgIpc) is 2.76. The van der Waals surface area contributed by atoms with Gasteiger partial charge in [0.15, 0.2) is 5.82 Å². The van der Waals surface area contributed by atoms with Gasteiger partial charge < -0.3 is 4.90 Å². The predicted molar refractivity (Wildman–Crippen MR) is 78.1 cm³/mol. The van der Waals surface area contributed by atoms with Gasteiger partial charge in [-0.05, 0) is 37.1 Å². The molecule has 0 atom stereocenters. The number of nitrogens with zero attached hydrogens (tertiary/aromatic N) is 4. The first-order valence-corrected chi connectivity index (χ1v) is 6.96. The molecule has 0 fully saturated rings. The van der Waals surface area contributed by atoms with Crippen LogP contribution in [0.15, 0.2) is 23.0 Å². The van der Waals surface area contributed by atoms with Gasteiger partial charge in [0.05, 0.1) is 6.54 Å². The van der Waals surface area contributed by atoms with E-state index in [1.807, 2.05) is 32.0 Å². The molecule has 0 aliphatic carbocycles. The molecule has 0 spiro atoms. The first kappa shape index (κ1) is 13.6. The Morgan fingerprint density at radius 1 is 1.19 bits per heavy atom. The van der Waals surface area contributed by atoms with Crippen molar-refractivity contribution in [3.63, 3.8) is 0 Å². The van der Waals surface area contributed by atoms with Crippen molar-refractivity contribution in [1.82, 2.24) is 19.2 Å². The summed E-state index contributed by atoms with van der Waals surface area (Å²) in [5.41, 5.74) is 2.84. The molecule has 1 amide bonds. The summed E-state index contributed by atoms with van der Waals surface area (Å²) in [4.78, 5) is 26.1. The Bertz CT molecular complexity index is 772. The molecule has 0 unspecified atom stereocenters. The third kappa shape index (κ3) is 2.26. The number of hydrogen-bond donors (Lipinski definition) is 0. The van der Waals surface area contributed by atoms with E-state index in [1.54, 1.807) is 16.5 Å². The lowest BCUT2D eigenvalue weighted by molar-refractivity contribution is 0.0706. The molecule has 0 saturated carbocycles. The van der Waals surface area contributed by atoms with Gasteiger partial charge in [0, 0.05) is 25.7 Å². The first-order valence-electron chi connectivity index (χ1n) is 6.96. The fourth-order valence-corrected chi connectivity index (χ4v) is 2.60. The van der Waals surface area contributed by atoms with Crippen LogP contribution in [0.5, 0.6) is 0 Å². The molecule has 1 aliphatic heterocycles. The van der Waals surface area contributed by atoms with E-state index in [-0.39, 0.29) is 11.6 Å². The number of fused-ring (bicyclic) bond motifs is 1. The molecule has 0 bridgehead atoms. The van der Waals surface area contributed by atoms with Crippen LogP contribution in [0, 0.1) is 13.8 Å². The van der Waals surface area contributed by atoms with Gasteiger partial charge in [-0.15, -0.1) is 0 Å². The largest absolute Gasteiger partial charge is 0.345 e. The van der Waals surface area contributed by atoms with Crippen LogP contribution < -0.4 is 5.69 Å². The predicted octanol–water partition coefficient (Wildman–Crippen LogP) is 0.855. The van der Waals surface area contributed by atoms with Crippen molar-refractivity contribution in [3.05, 3.63) is 51.2 Å². The molecule has 1 aromatic heterocycles. The van der Waals surface area contributed by atoms with Gasteiger partial charge in [-0.2, -0.15) is 5.10 Å². The Hall–Kier alpha value is -2.37. The number of benzene rings is 1. The molecule has 0 saturated heterocycles. The smallest absolute Gasteiger partial charge is 0.329 e. The van der Waals surface area contributed by atoms with Gasteiger partial charge in [-0.3, -0.25) is 9.36 Å². The molecule has 0 N–H and O–H groups in total. The van der Waals surface area contributed by atoms with Crippen molar-refractivity contribution in [2.24, 2.45) is 7.05 Å². The van der Waals surface area contributed by atoms with Crippen molar-refractivity contribution in [3.8, 4) is 0 Å². The molecular weight excluding hydrogens is 268 g/mol. The average molecular weight is 286 g/mol. The molecular formula is C15H18N4O2. The Kier molecular flexibility index (Phi) is 3.16. The molecule has 21 heavy (non-hydrogen) atoms. The second-order valence-electron chi connectivity index (χ2n) is 5.50. The zero-order valence-electron chi connectivity index (χ0n) is 12.5. The highest BCUT2D eigenvalue weighted by atomic mass is 16.2. The minimum absolute atomic E-state index is 0.0116. The first-order chi connectivity index (χ1) is 9.97. The van der Waals surface area contributed by atoms with Crippen LogP contribution in [0.2, 0.25) is 0 Å². The second kappa shape index (κ2) is 4.87. The molecule has 110 valence electrons. The Morgan fingerprint density at radius 2 is 1.95 bits per heavy atom. The third-order valence-corrected chi connectivity index (χ3v) is 4.05. The molecule has 6 nitrogen and oxygen atoms in total. The summed E-state index contributed by atoms with van der Waals surface area (Å²) in [7, 11) is 1.63. The lowest BCUT2D eigenvalue weighted by atomic mass is 10.1. The van der Waals surface area contributed by atoms with Crippen molar-refractivity contribution in [2.45, 2.75) is 26.9 Å². The standard InChI is InChI=1S/C15H18N4O2/c1-10-4-5-12(8-11(10)2)14(20)18-6-7-19-13(9-18)16-17(3)15(19)21/h4-5,8H,6-7,9H2,1-3H3. The van der Waals surface area contributed by atoms with Gasteiger partial charge in [0.25, 0.3) is 5.91 Å². The van der Waals surface area contributed by atoms with Gasteiger partial charge in [-0.25, -0.2) is 9.48 Å². The SMILES string of the molecule is Cc1ccc(C(=O)N2CCn3c(nn(C)c3=O)C2)cc1C. The number of aryl methyl sites for hydroxylation is 3. The van der Waals surface area contributed by atoms with Gasteiger partial charge in [-0.1, -0.05) is 6.07 Å². The highest BCUT2D eigenvalue weighted by molar-refractivity contribution is 5.94. The number of rotatable bonds is 1. The summed E-state index contributed by atoms with van der Waals surface area (Å²) in [5.74, 6) is 0.633. The summed E-state index contributed by atoms with van der Waals surface area (Å²) in [5, 5.41) is 4.18. The summed E-state index contributed by atoms with van der Waals surface area (Å²) >= 11 is 0. The van der Waals surface area contributed by atoms with Crippen molar-refractivity contribution >= 4 is 5.91 Å². The van der Waals surface area contributed by atoms with Crippen LogP contribution >= 0.6 is 0 Å². The molecule has 2 heterocycles. The Balaban J connectivity index is 1.87. The highest BCUT2D eigenvalue weighted by Gasteiger charge is 2.25. The summed E-state index contributed by atoms with van der Waals surface area (Å²) < 4.78 is 2.95. The zero-order valence-corrected chi connectivity index (χ0v) is 12.5. The van der Waals surface area contributed by atoms with E-state index in [2.05, 4.69) is 5.10 Å². The monoisotopic (exact) mass is 286 g/mol. The van der Waals surface area contributed by atoms with Crippen molar-refractivity contribution in [2.75, 3.05) is 6.54 Å². The maximum Gasteiger partial charge on any atom is 0.345 e. The summed E-state index contributed by atoms with van der Waals surface area (Å²) in [6, 6.07) is 5.73. The van der Waals surface area contributed by atoms with Crippen LogP contribution in [-0.2, 0) is 20.1 Å². The van der Waals surface area contributed by atoms with Crippen LogP contribution in [-0.4, -0.2) is 31.7 Å².